The Labute approximate surface area is 192 Å². The minimum atomic E-state index is -0.0649. The van der Waals surface area contributed by atoms with E-state index in [1.165, 1.54) is 57.8 Å². The van der Waals surface area contributed by atoms with Crippen molar-refractivity contribution in [1.29, 1.82) is 0 Å². The van der Waals surface area contributed by atoms with E-state index in [0.29, 0.717) is 38.8 Å². The molecule has 0 radical (unpaired) electrons. The maximum atomic E-state index is 10.8. The van der Waals surface area contributed by atoms with Crippen LogP contribution >= 0.6 is 0 Å². The van der Waals surface area contributed by atoms with Crippen molar-refractivity contribution in [2.45, 2.75) is 120 Å². The van der Waals surface area contributed by atoms with Crippen molar-refractivity contribution < 1.29 is 5.11 Å². The molecule has 1 N–H and O–H groups in total. The van der Waals surface area contributed by atoms with Crippen LogP contribution in [0.1, 0.15) is 120 Å². The van der Waals surface area contributed by atoms with Crippen LogP contribution in [0.4, 0.5) is 0 Å². The molecule has 176 valence electrons. The molecule has 1 unspecified atom stereocenters. The van der Waals surface area contributed by atoms with E-state index in [1.807, 2.05) is 0 Å². The van der Waals surface area contributed by atoms with E-state index in [1.54, 1.807) is 0 Å². The number of hydrogen-bond donors (Lipinski definition) is 1. The molecule has 0 saturated heterocycles. The second-order valence-electron chi connectivity index (χ2n) is 15.3. The van der Waals surface area contributed by atoms with Crippen molar-refractivity contribution >= 4 is 0 Å². The fourth-order valence-corrected chi connectivity index (χ4v) is 10.9. The molecule has 0 amide bonds. The summed E-state index contributed by atoms with van der Waals surface area (Å²) in [7, 11) is 0. The monoisotopic (exact) mass is 426 g/mol. The highest BCUT2D eigenvalue weighted by Crippen LogP contribution is 2.76. The van der Waals surface area contributed by atoms with E-state index < -0.39 is 0 Å². The topological polar surface area (TPSA) is 20.2 Å². The van der Waals surface area contributed by atoms with Gasteiger partial charge in [-0.3, -0.25) is 0 Å². The van der Waals surface area contributed by atoms with Crippen LogP contribution in [-0.2, 0) is 0 Å². The Hall–Kier alpha value is -0.460. The summed E-state index contributed by atoms with van der Waals surface area (Å²) < 4.78 is 0. The standard InChI is InChI=1S/C30H50O/c1-25(2)15-16-27(5)17-18-29(7)20(21(27)19-25)9-10-23-28(6)13-12-24(31)26(3,4)22(28)11-14-30(23,29)8/h12,20-23,31H,9-11,13-19H2,1-8H3/t20-,21-,22?,23-,27-,28+,29-,30-/m1/s1. The molecule has 1 nitrogen and oxygen atoms in total. The first-order valence-corrected chi connectivity index (χ1v) is 13.6. The summed E-state index contributed by atoms with van der Waals surface area (Å²) in [6.07, 6.45) is 16.1. The Morgan fingerprint density at radius 3 is 2.10 bits per heavy atom. The largest absolute Gasteiger partial charge is 0.512 e. The lowest BCUT2D eigenvalue weighted by molar-refractivity contribution is -0.236. The maximum absolute atomic E-state index is 10.8. The van der Waals surface area contributed by atoms with Crippen molar-refractivity contribution in [3.8, 4) is 0 Å². The lowest BCUT2D eigenvalue weighted by Crippen LogP contribution is -2.65. The summed E-state index contributed by atoms with van der Waals surface area (Å²) in [5.74, 6) is 3.91. The molecule has 5 aliphatic carbocycles. The van der Waals surface area contributed by atoms with E-state index in [2.05, 4.69) is 61.5 Å². The Kier molecular flexibility index (Phi) is 4.58. The molecule has 0 aromatic rings. The van der Waals surface area contributed by atoms with Crippen LogP contribution in [0.3, 0.4) is 0 Å². The normalized spacial score (nSPS) is 55.2. The fraction of sp³-hybridized carbons (Fsp3) is 0.933. The third-order valence-electron chi connectivity index (χ3n) is 13.2. The van der Waals surface area contributed by atoms with Gasteiger partial charge in [0.25, 0.3) is 0 Å². The highest BCUT2D eigenvalue weighted by atomic mass is 16.3. The third kappa shape index (κ3) is 2.73. The average molecular weight is 427 g/mol. The summed E-state index contributed by atoms with van der Waals surface area (Å²) in [6.45, 7) is 20.5. The molecule has 0 spiro atoms. The highest BCUT2D eigenvalue weighted by molar-refractivity contribution is 5.23. The molecule has 5 rings (SSSR count). The first kappa shape index (κ1) is 22.3. The SMILES string of the molecule is CC1(C)CC[C@]2(C)CC[C@]3(C)[C@H](CC[C@@H]4[C@@]5(C)CC=C(O)C(C)(C)C5CC[C@]43C)[C@H]2C1. The Morgan fingerprint density at radius 1 is 0.710 bits per heavy atom. The summed E-state index contributed by atoms with van der Waals surface area (Å²) in [4.78, 5) is 0. The number of aliphatic hydroxyl groups excluding tert-OH is 1. The highest BCUT2D eigenvalue weighted by Gasteiger charge is 2.69. The lowest BCUT2D eigenvalue weighted by Gasteiger charge is -2.73. The van der Waals surface area contributed by atoms with Crippen LogP contribution in [0.5, 0.6) is 0 Å². The molecule has 1 heteroatoms. The first-order chi connectivity index (χ1) is 14.2. The Morgan fingerprint density at radius 2 is 1.39 bits per heavy atom. The first-order valence-electron chi connectivity index (χ1n) is 13.6. The smallest absolute Gasteiger partial charge is 0.0942 e. The summed E-state index contributed by atoms with van der Waals surface area (Å²) in [6, 6.07) is 0. The quantitative estimate of drug-likeness (QED) is 0.410. The zero-order valence-electron chi connectivity index (χ0n) is 21.9. The van der Waals surface area contributed by atoms with Gasteiger partial charge in [-0.25, -0.2) is 0 Å². The van der Waals surface area contributed by atoms with Crippen LogP contribution in [0, 0.1) is 56.2 Å². The average Bonchev–Trinajstić information content (AvgIpc) is 2.67. The van der Waals surface area contributed by atoms with Gasteiger partial charge < -0.3 is 5.11 Å². The van der Waals surface area contributed by atoms with Crippen LogP contribution in [0.25, 0.3) is 0 Å². The van der Waals surface area contributed by atoms with Crippen molar-refractivity contribution in [1.82, 2.24) is 0 Å². The molecular formula is C30H50O. The van der Waals surface area contributed by atoms with Gasteiger partial charge in [0.1, 0.15) is 0 Å². The van der Waals surface area contributed by atoms with Crippen molar-refractivity contribution in [3.05, 3.63) is 11.8 Å². The molecular weight excluding hydrogens is 376 g/mol. The van der Waals surface area contributed by atoms with Gasteiger partial charge in [-0.05, 0) is 121 Å². The van der Waals surface area contributed by atoms with Gasteiger partial charge in [-0.1, -0.05) is 55.4 Å². The van der Waals surface area contributed by atoms with Crippen LogP contribution in [0.2, 0.25) is 0 Å². The number of rotatable bonds is 0. The second kappa shape index (κ2) is 6.35. The molecule has 4 fully saturated rings. The number of aliphatic hydroxyl groups is 1. The number of hydrogen-bond acceptors (Lipinski definition) is 1. The third-order valence-corrected chi connectivity index (χ3v) is 13.2. The van der Waals surface area contributed by atoms with Gasteiger partial charge in [-0.15, -0.1) is 0 Å². The molecule has 31 heavy (non-hydrogen) atoms. The number of allylic oxidation sites excluding steroid dienone is 2. The van der Waals surface area contributed by atoms with Gasteiger partial charge in [0, 0.05) is 5.41 Å². The van der Waals surface area contributed by atoms with Crippen LogP contribution in [0.15, 0.2) is 11.8 Å². The van der Waals surface area contributed by atoms with E-state index in [-0.39, 0.29) is 5.41 Å². The Balaban J connectivity index is 1.54. The van der Waals surface area contributed by atoms with E-state index in [0.717, 1.165) is 24.2 Å². The summed E-state index contributed by atoms with van der Waals surface area (Å²) >= 11 is 0. The molecule has 0 aliphatic heterocycles. The van der Waals surface area contributed by atoms with E-state index >= 15 is 0 Å². The minimum Gasteiger partial charge on any atom is -0.512 e. The minimum absolute atomic E-state index is 0.0649. The summed E-state index contributed by atoms with van der Waals surface area (Å²) in [5, 5.41) is 10.8. The van der Waals surface area contributed by atoms with Crippen molar-refractivity contribution in [2.75, 3.05) is 0 Å². The van der Waals surface area contributed by atoms with Crippen molar-refractivity contribution in [3.63, 3.8) is 0 Å². The zero-order chi connectivity index (χ0) is 22.7. The predicted molar refractivity (Wildman–Crippen MR) is 131 cm³/mol. The van der Waals surface area contributed by atoms with Gasteiger partial charge in [-0.2, -0.15) is 0 Å². The molecule has 0 heterocycles. The lowest BCUT2D eigenvalue weighted by atomic mass is 9.32. The van der Waals surface area contributed by atoms with Gasteiger partial charge in [0.15, 0.2) is 0 Å². The molecule has 4 saturated carbocycles. The van der Waals surface area contributed by atoms with E-state index in [9.17, 15) is 5.11 Å². The molecule has 0 aromatic heterocycles. The predicted octanol–water partition coefficient (Wildman–Crippen LogP) is 8.94. The van der Waals surface area contributed by atoms with Gasteiger partial charge in [0.05, 0.1) is 5.76 Å². The second-order valence-corrected chi connectivity index (χ2v) is 15.3. The molecule has 8 atom stereocenters. The maximum Gasteiger partial charge on any atom is 0.0942 e. The van der Waals surface area contributed by atoms with Crippen molar-refractivity contribution in [2.24, 2.45) is 56.2 Å². The van der Waals surface area contributed by atoms with Gasteiger partial charge >= 0.3 is 0 Å². The molecule has 5 aliphatic rings. The summed E-state index contributed by atoms with van der Waals surface area (Å²) in [5.41, 5.74) is 2.31. The molecule has 0 bridgehead atoms. The molecule has 0 aromatic carbocycles. The zero-order valence-corrected chi connectivity index (χ0v) is 21.9. The van der Waals surface area contributed by atoms with E-state index in [4.69, 9.17) is 0 Å². The fourth-order valence-electron chi connectivity index (χ4n) is 10.9. The van der Waals surface area contributed by atoms with Gasteiger partial charge in [0.2, 0.25) is 0 Å². The van der Waals surface area contributed by atoms with Crippen LogP contribution in [-0.4, -0.2) is 5.11 Å². The number of fused-ring (bicyclic) bond motifs is 7. The van der Waals surface area contributed by atoms with Crippen LogP contribution < -0.4 is 0 Å². The Bertz CT molecular complexity index is 790.